The highest BCUT2D eigenvalue weighted by molar-refractivity contribution is 6.66. The summed E-state index contributed by atoms with van der Waals surface area (Å²) in [6.45, 7) is 0. The van der Waals surface area contributed by atoms with E-state index in [-0.39, 0.29) is 5.56 Å². The fraction of sp³-hybridized carbons (Fsp3) is 0.250. The maximum atomic E-state index is 12.4. The standard InChI is InChI=1S/C8H3Cl3F3NO2/c9-7(10,11)4-1-2-5(8(12,13)14)6(3-4)15(16)17/h1-3H. The zero-order chi connectivity index (χ0) is 13.4. The first kappa shape index (κ1) is 14.3. The van der Waals surface area contributed by atoms with Gasteiger partial charge in [-0.2, -0.15) is 13.2 Å². The van der Waals surface area contributed by atoms with Crippen LogP contribution in [0.3, 0.4) is 0 Å². The van der Waals surface area contributed by atoms with E-state index in [0.717, 1.165) is 6.07 Å². The fourth-order valence-corrected chi connectivity index (χ4v) is 1.45. The molecular formula is C8H3Cl3F3NO2. The predicted molar refractivity (Wildman–Crippen MR) is 57.3 cm³/mol. The Morgan fingerprint density at radius 2 is 1.71 bits per heavy atom. The van der Waals surface area contributed by atoms with Crippen molar-refractivity contribution in [2.24, 2.45) is 0 Å². The van der Waals surface area contributed by atoms with E-state index in [4.69, 9.17) is 34.8 Å². The Balaban J connectivity index is 3.43. The van der Waals surface area contributed by atoms with Crippen molar-refractivity contribution in [2.75, 3.05) is 0 Å². The van der Waals surface area contributed by atoms with Crippen molar-refractivity contribution in [3.8, 4) is 0 Å². The summed E-state index contributed by atoms with van der Waals surface area (Å²) in [5.74, 6) is 0. The van der Waals surface area contributed by atoms with Crippen LogP contribution in [-0.4, -0.2) is 4.92 Å². The molecule has 1 aromatic carbocycles. The molecule has 0 spiro atoms. The molecule has 0 aromatic heterocycles. The topological polar surface area (TPSA) is 43.1 Å². The number of nitro groups is 1. The molecule has 94 valence electrons. The molecule has 0 N–H and O–H groups in total. The number of nitrogens with zero attached hydrogens (tertiary/aromatic N) is 1. The molecule has 1 aromatic rings. The minimum atomic E-state index is -4.84. The maximum Gasteiger partial charge on any atom is 0.422 e. The lowest BCUT2D eigenvalue weighted by Crippen LogP contribution is -2.11. The number of hydrogen-bond donors (Lipinski definition) is 0. The van der Waals surface area contributed by atoms with Crippen molar-refractivity contribution in [3.63, 3.8) is 0 Å². The van der Waals surface area contributed by atoms with Crippen LogP contribution >= 0.6 is 34.8 Å². The smallest absolute Gasteiger partial charge is 0.258 e. The van der Waals surface area contributed by atoms with Crippen LogP contribution in [0.1, 0.15) is 11.1 Å². The van der Waals surface area contributed by atoms with E-state index in [1.54, 1.807) is 0 Å². The molecule has 0 atom stereocenters. The van der Waals surface area contributed by atoms with Crippen molar-refractivity contribution in [1.29, 1.82) is 0 Å². The zero-order valence-corrected chi connectivity index (χ0v) is 10.0. The summed E-state index contributed by atoms with van der Waals surface area (Å²) in [6, 6.07) is 1.98. The van der Waals surface area contributed by atoms with E-state index >= 15 is 0 Å². The molecule has 0 radical (unpaired) electrons. The van der Waals surface area contributed by atoms with Gasteiger partial charge in [0.05, 0.1) is 4.92 Å². The Morgan fingerprint density at radius 3 is 2.06 bits per heavy atom. The molecule has 0 fully saturated rings. The fourth-order valence-electron chi connectivity index (χ4n) is 1.10. The van der Waals surface area contributed by atoms with Crippen LogP contribution in [-0.2, 0) is 9.97 Å². The monoisotopic (exact) mass is 307 g/mol. The Kier molecular flexibility index (Phi) is 3.81. The zero-order valence-electron chi connectivity index (χ0n) is 7.76. The number of nitro benzene ring substituents is 1. The van der Waals surface area contributed by atoms with Gasteiger partial charge in [0.1, 0.15) is 5.56 Å². The maximum absolute atomic E-state index is 12.4. The Hall–Kier alpha value is -0.720. The van der Waals surface area contributed by atoms with Crippen LogP contribution in [0, 0.1) is 10.1 Å². The van der Waals surface area contributed by atoms with Crippen LogP contribution in [0.25, 0.3) is 0 Å². The third kappa shape index (κ3) is 3.37. The van der Waals surface area contributed by atoms with E-state index in [1.165, 1.54) is 0 Å². The van der Waals surface area contributed by atoms with Crippen LogP contribution in [0.15, 0.2) is 18.2 Å². The third-order valence-electron chi connectivity index (χ3n) is 1.83. The molecule has 0 saturated heterocycles. The lowest BCUT2D eigenvalue weighted by Gasteiger charge is -2.13. The summed E-state index contributed by atoms with van der Waals surface area (Å²) >= 11 is 16.3. The van der Waals surface area contributed by atoms with E-state index in [9.17, 15) is 23.3 Å². The van der Waals surface area contributed by atoms with Gasteiger partial charge in [0.25, 0.3) is 5.69 Å². The first-order valence-corrected chi connectivity index (χ1v) is 5.09. The molecule has 3 nitrogen and oxygen atoms in total. The van der Waals surface area contributed by atoms with Gasteiger partial charge in [0, 0.05) is 11.6 Å². The largest absolute Gasteiger partial charge is 0.422 e. The highest BCUT2D eigenvalue weighted by Crippen LogP contribution is 2.43. The quantitative estimate of drug-likeness (QED) is 0.437. The van der Waals surface area contributed by atoms with Gasteiger partial charge in [-0.15, -0.1) is 0 Å². The van der Waals surface area contributed by atoms with Crippen molar-refractivity contribution in [3.05, 3.63) is 39.4 Å². The SMILES string of the molecule is O=[N+]([O-])c1cc(C(Cl)(Cl)Cl)ccc1C(F)(F)F. The Bertz CT molecular complexity index is 456. The molecule has 9 heteroatoms. The summed E-state index contributed by atoms with van der Waals surface area (Å²) in [5.41, 5.74) is -2.75. The van der Waals surface area contributed by atoms with Crippen molar-refractivity contribution < 1.29 is 18.1 Å². The summed E-state index contributed by atoms with van der Waals surface area (Å²) < 4.78 is 35.3. The lowest BCUT2D eigenvalue weighted by molar-refractivity contribution is -0.388. The van der Waals surface area contributed by atoms with Gasteiger partial charge >= 0.3 is 6.18 Å². The third-order valence-corrected chi connectivity index (χ3v) is 2.48. The van der Waals surface area contributed by atoms with Gasteiger partial charge < -0.3 is 0 Å². The number of hydrogen-bond acceptors (Lipinski definition) is 2. The summed E-state index contributed by atoms with van der Waals surface area (Å²) in [7, 11) is 0. The molecule has 0 aliphatic rings. The Labute approximate surface area is 108 Å². The predicted octanol–water partition coefficient (Wildman–Crippen LogP) is 4.44. The Morgan fingerprint density at radius 1 is 1.18 bits per heavy atom. The minimum absolute atomic E-state index is 0.206. The van der Waals surface area contributed by atoms with Crippen LogP contribution in [0.4, 0.5) is 18.9 Å². The molecule has 0 amide bonds. The van der Waals surface area contributed by atoms with Gasteiger partial charge in [-0.3, -0.25) is 10.1 Å². The van der Waals surface area contributed by atoms with E-state index in [1.807, 2.05) is 0 Å². The summed E-state index contributed by atoms with van der Waals surface area (Å²) in [4.78, 5) is 9.35. The second-order valence-corrected chi connectivity index (χ2v) is 5.27. The molecule has 17 heavy (non-hydrogen) atoms. The van der Waals surface area contributed by atoms with Gasteiger partial charge in [0.2, 0.25) is 3.79 Å². The van der Waals surface area contributed by atoms with E-state index in [2.05, 4.69) is 0 Å². The molecule has 0 aliphatic heterocycles. The first-order valence-electron chi connectivity index (χ1n) is 3.96. The van der Waals surface area contributed by atoms with Crippen molar-refractivity contribution in [2.45, 2.75) is 9.97 Å². The van der Waals surface area contributed by atoms with Crippen LogP contribution < -0.4 is 0 Å². The van der Waals surface area contributed by atoms with Crippen molar-refractivity contribution in [1.82, 2.24) is 0 Å². The molecule has 0 unspecified atom stereocenters. The van der Waals surface area contributed by atoms with Gasteiger partial charge in [0.15, 0.2) is 0 Å². The average Bonchev–Trinajstić information content (AvgIpc) is 2.14. The molecule has 0 aliphatic carbocycles. The number of rotatable bonds is 1. The highest BCUT2D eigenvalue weighted by Gasteiger charge is 2.39. The second kappa shape index (κ2) is 4.51. The van der Waals surface area contributed by atoms with E-state index in [0.29, 0.717) is 12.1 Å². The van der Waals surface area contributed by atoms with E-state index < -0.39 is 26.1 Å². The molecule has 0 heterocycles. The first-order chi connectivity index (χ1) is 7.53. The minimum Gasteiger partial charge on any atom is -0.258 e. The van der Waals surface area contributed by atoms with Crippen molar-refractivity contribution >= 4 is 40.5 Å². The second-order valence-electron chi connectivity index (χ2n) is 2.98. The molecule has 1 rings (SSSR count). The summed E-state index contributed by atoms with van der Waals surface area (Å²) in [5, 5.41) is 10.5. The summed E-state index contributed by atoms with van der Waals surface area (Å²) in [6.07, 6.45) is -4.84. The number of alkyl halides is 6. The normalized spacial score (nSPS) is 12.6. The highest BCUT2D eigenvalue weighted by atomic mass is 35.6. The van der Waals surface area contributed by atoms with Gasteiger partial charge in [-0.25, -0.2) is 0 Å². The van der Waals surface area contributed by atoms with Gasteiger partial charge in [-0.05, 0) is 6.07 Å². The molecule has 0 saturated carbocycles. The molecule has 0 bridgehead atoms. The average molecular weight is 308 g/mol. The molecular weight excluding hydrogens is 305 g/mol. The van der Waals surface area contributed by atoms with Crippen LogP contribution in [0.2, 0.25) is 0 Å². The number of halogens is 6. The van der Waals surface area contributed by atoms with Gasteiger partial charge in [-0.1, -0.05) is 40.9 Å². The number of benzene rings is 1. The lowest BCUT2D eigenvalue weighted by atomic mass is 10.1. The van der Waals surface area contributed by atoms with Crippen LogP contribution in [0.5, 0.6) is 0 Å².